The van der Waals surface area contributed by atoms with Crippen molar-refractivity contribution >= 4 is 27.9 Å². The highest BCUT2D eigenvalue weighted by atomic mass is 32.1. The van der Waals surface area contributed by atoms with Gasteiger partial charge in [-0.15, -0.1) is 11.3 Å². The topological polar surface area (TPSA) is 67.6 Å². The summed E-state index contributed by atoms with van der Waals surface area (Å²) < 4.78 is 5.65. The third-order valence-electron chi connectivity index (χ3n) is 4.08. The Balaban J connectivity index is 1.80. The summed E-state index contributed by atoms with van der Waals surface area (Å²) in [7, 11) is 3.52. The van der Waals surface area contributed by atoms with Crippen LogP contribution in [0.3, 0.4) is 0 Å². The number of carbonyl (C=O) groups excluding carboxylic acids is 1. The minimum Gasteiger partial charge on any atom is -0.397 e. The highest BCUT2D eigenvalue weighted by Crippen LogP contribution is 2.51. The Bertz CT molecular complexity index is 531. The van der Waals surface area contributed by atoms with Crippen molar-refractivity contribution in [3.8, 4) is 0 Å². The van der Waals surface area contributed by atoms with E-state index in [9.17, 15) is 4.79 Å². The summed E-state index contributed by atoms with van der Waals surface area (Å²) in [5.74, 6) is 0.515. The number of rotatable bonds is 5. The Hall–Kier alpha value is -1.27. The Morgan fingerprint density at radius 2 is 2.19 bits per heavy atom. The van der Waals surface area contributed by atoms with Gasteiger partial charge in [0.05, 0.1) is 16.8 Å². The molecule has 1 aliphatic carbocycles. The van der Waals surface area contributed by atoms with Crippen molar-refractivity contribution in [1.82, 2.24) is 4.90 Å². The molecule has 6 heteroatoms. The van der Waals surface area contributed by atoms with Crippen molar-refractivity contribution in [2.75, 3.05) is 38.3 Å². The zero-order valence-electron chi connectivity index (χ0n) is 12.6. The van der Waals surface area contributed by atoms with Crippen LogP contribution in [0.2, 0.25) is 0 Å². The summed E-state index contributed by atoms with van der Waals surface area (Å²) in [5, 5.41) is 4.54. The molecule has 2 fully saturated rings. The van der Waals surface area contributed by atoms with Gasteiger partial charge in [-0.1, -0.05) is 0 Å². The van der Waals surface area contributed by atoms with Crippen LogP contribution in [0, 0.1) is 0 Å². The molecule has 3 rings (SSSR count). The Morgan fingerprint density at radius 1 is 1.43 bits per heavy atom. The average molecular weight is 309 g/mol. The van der Waals surface area contributed by atoms with Crippen LogP contribution in [0.1, 0.15) is 46.8 Å². The van der Waals surface area contributed by atoms with Gasteiger partial charge in [0.25, 0.3) is 5.91 Å². The number of carbonyl (C=O) groups is 1. The van der Waals surface area contributed by atoms with Crippen molar-refractivity contribution in [3.05, 3.63) is 10.4 Å². The lowest BCUT2D eigenvalue weighted by Gasteiger charge is -2.12. The molecule has 1 saturated carbocycles. The van der Waals surface area contributed by atoms with E-state index in [0.717, 1.165) is 36.6 Å². The predicted octanol–water partition coefficient (Wildman–Crippen LogP) is 2.50. The minimum atomic E-state index is -0.00966. The lowest BCUT2D eigenvalue weighted by molar-refractivity contribution is 0.0833. The van der Waals surface area contributed by atoms with E-state index in [1.807, 2.05) is 0 Å². The number of nitrogen functional groups attached to an aromatic ring is 1. The van der Waals surface area contributed by atoms with Gasteiger partial charge in [0.1, 0.15) is 4.88 Å². The molecule has 1 saturated heterocycles. The summed E-state index contributed by atoms with van der Waals surface area (Å²) in [6, 6.07) is 0. The van der Waals surface area contributed by atoms with Crippen LogP contribution in [-0.4, -0.2) is 44.2 Å². The first-order valence-corrected chi connectivity index (χ1v) is 8.39. The first-order valence-electron chi connectivity index (χ1n) is 7.57. The number of nitrogens with one attached hydrogen (secondary N) is 1. The molecule has 1 unspecified atom stereocenters. The van der Waals surface area contributed by atoms with Gasteiger partial charge in [-0.3, -0.25) is 4.79 Å². The standard InChI is InChI=1S/C15H23N3O2S/c1-18(2)15(19)13-12(16)11(9-5-6-9)14(21-13)17-8-10-4-3-7-20-10/h9-10,17H,3-8,16H2,1-2H3. The normalized spacial score (nSPS) is 21.5. The fourth-order valence-corrected chi connectivity index (χ4v) is 3.98. The minimum absolute atomic E-state index is 0.00966. The number of nitrogens with two attached hydrogens (primary N) is 1. The zero-order chi connectivity index (χ0) is 15.0. The lowest BCUT2D eigenvalue weighted by atomic mass is 10.1. The van der Waals surface area contributed by atoms with Crippen molar-refractivity contribution in [2.45, 2.75) is 37.7 Å². The summed E-state index contributed by atoms with van der Waals surface area (Å²) in [5.41, 5.74) is 8.09. The molecule has 0 radical (unpaired) electrons. The maximum absolute atomic E-state index is 12.2. The molecular formula is C15H23N3O2S. The number of nitrogens with zero attached hydrogens (tertiary/aromatic N) is 1. The van der Waals surface area contributed by atoms with E-state index in [1.54, 1.807) is 19.0 Å². The number of hydrogen-bond acceptors (Lipinski definition) is 5. The van der Waals surface area contributed by atoms with Crippen molar-refractivity contribution in [3.63, 3.8) is 0 Å². The zero-order valence-corrected chi connectivity index (χ0v) is 13.5. The number of hydrogen-bond donors (Lipinski definition) is 2. The van der Waals surface area contributed by atoms with Crippen LogP contribution in [0.15, 0.2) is 0 Å². The molecule has 5 nitrogen and oxygen atoms in total. The molecule has 1 aliphatic heterocycles. The maximum atomic E-state index is 12.2. The van der Waals surface area contributed by atoms with Crippen molar-refractivity contribution in [1.29, 1.82) is 0 Å². The van der Waals surface area contributed by atoms with Crippen LogP contribution >= 0.6 is 11.3 Å². The summed E-state index contributed by atoms with van der Waals surface area (Å²) in [6.07, 6.45) is 4.87. The molecule has 1 aromatic heterocycles. The Morgan fingerprint density at radius 3 is 2.76 bits per heavy atom. The molecule has 21 heavy (non-hydrogen) atoms. The second-order valence-electron chi connectivity index (χ2n) is 6.08. The Labute approximate surface area is 129 Å². The first-order chi connectivity index (χ1) is 10.1. The van der Waals surface area contributed by atoms with Gasteiger partial charge in [0.15, 0.2) is 0 Å². The summed E-state index contributed by atoms with van der Waals surface area (Å²) in [6.45, 7) is 1.66. The van der Waals surface area contributed by atoms with Crippen molar-refractivity contribution in [2.24, 2.45) is 0 Å². The molecule has 1 amide bonds. The van der Waals surface area contributed by atoms with Crippen LogP contribution < -0.4 is 11.1 Å². The second-order valence-corrected chi connectivity index (χ2v) is 7.10. The van der Waals surface area contributed by atoms with E-state index in [2.05, 4.69) is 5.32 Å². The summed E-state index contributed by atoms with van der Waals surface area (Å²) in [4.78, 5) is 14.5. The Kier molecular flexibility index (Phi) is 4.08. The highest BCUT2D eigenvalue weighted by Gasteiger charge is 2.33. The number of ether oxygens (including phenoxy) is 1. The van der Waals surface area contributed by atoms with E-state index < -0.39 is 0 Å². The molecule has 0 bridgehead atoms. The van der Waals surface area contributed by atoms with E-state index in [1.165, 1.54) is 24.2 Å². The van der Waals surface area contributed by atoms with Crippen LogP contribution in [-0.2, 0) is 4.74 Å². The van der Waals surface area contributed by atoms with Gasteiger partial charge < -0.3 is 20.7 Å². The van der Waals surface area contributed by atoms with E-state index >= 15 is 0 Å². The van der Waals surface area contributed by atoms with E-state index in [0.29, 0.717) is 16.5 Å². The van der Waals surface area contributed by atoms with Gasteiger partial charge in [0.2, 0.25) is 0 Å². The van der Waals surface area contributed by atoms with Crippen LogP contribution in [0.5, 0.6) is 0 Å². The molecular weight excluding hydrogens is 286 g/mol. The second kappa shape index (κ2) is 5.85. The molecule has 0 aromatic carbocycles. The smallest absolute Gasteiger partial charge is 0.265 e. The average Bonchev–Trinajstić information content (AvgIpc) is 3.04. The van der Waals surface area contributed by atoms with Gasteiger partial charge >= 0.3 is 0 Å². The van der Waals surface area contributed by atoms with Crippen molar-refractivity contribution < 1.29 is 9.53 Å². The van der Waals surface area contributed by atoms with Gasteiger partial charge in [-0.05, 0) is 31.6 Å². The predicted molar refractivity (Wildman–Crippen MR) is 86.2 cm³/mol. The van der Waals surface area contributed by atoms with Crippen LogP contribution in [0.4, 0.5) is 10.7 Å². The first kappa shape index (κ1) is 14.7. The molecule has 116 valence electrons. The lowest BCUT2D eigenvalue weighted by Crippen LogP contribution is -2.21. The SMILES string of the molecule is CN(C)C(=O)c1sc(NCC2CCCO2)c(C2CC2)c1N. The summed E-state index contributed by atoms with van der Waals surface area (Å²) >= 11 is 1.49. The number of amides is 1. The number of anilines is 2. The quantitative estimate of drug-likeness (QED) is 0.877. The fourth-order valence-electron chi connectivity index (χ4n) is 2.74. The number of thiophene rings is 1. The van der Waals surface area contributed by atoms with E-state index in [-0.39, 0.29) is 12.0 Å². The molecule has 2 heterocycles. The maximum Gasteiger partial charge on any atom is 0.265 e. The van der Waals surface area contributed by atoms with Gasteiger partial charge in [-0.2, -0.15) is 0 Å². The largest absolute Gasteiger partial charge is 0.397 e. The van der Waals surface area contributed by atoms with Crippen LogP contribution in [0.25, 0.3) is 0 Å². The molecule has 1 aromatic rings. The van der Waals surface area contributed by atoms with Gasteiger partial charge in [0, 0.05) is 32.8 Å². The fraction of sp³-hybridized carbons (Fsp3) is 0.667. The highest BCUT2D eigenvalue weighted by molar-refractivity contribution is 7.18. The molecule has 0 spiro atoms. The third-order valence-corrected chi connectivity index (χ3v) is 5.25. The molecule has 2 aliphatic rings. The van der Waals surface area contributed by atoms with Gasteiger partial charge in [-0.25, -0.2) is 0 Å². The molecule has 3 N–H and O–H groups in total. The third kappa shape index (κ3) is 3.01. The monoisotopic (exact) mass is 309 g/mol. The van der Waals surface area contributed by atoms with E-state index in [4.69, 9.17) is 10.5 Å². The molecule has 1 atom stereocenters.